The Hall–Kier alpha value is -2.27. The SMILES string of the molecule is CC(=Nc1ccc(Sc2ccc(N=C(C)N3CC4CCC(CC4)C3)cc2)cc1)N1CC2CCC(CC2)C1. The summed E-state index contributed by atoms with van der Waals surface area (Å²) in [5.74, 6) is 5.83. The highest BCUT2D eigenvalue weighted by molar-refractivity contribution is 7.99. The molecule has 5 heteroatoms. The lowest BCUT2D eigenvalue weighted by atomic mass is 9.84. The number of amidine groups is 2. The number of hydrogen-bond acceptors (Lipinski definition) is 3. The van der Waals surface area contributed by atoms with Crippen molar-refractivity contribution in [3.8, 4) is 0 Å². The van der Waals surface area contributed by atoms with Crippen LogP contribution in [0, 0.1) is 23.7 Å². The first-order valence-corrected chi connectivity index (χ1v) is 15.4. The molecule has 0 N–H and O–H groups in total. The van der Waals surface area contributed by atoms with Gasteiger partial charge in [0.25, 0.3) is 0 Å². The van der Waals surface area contributed by atoms with E-state index in [4.69, 9.17) is 9.98 Å². The van der Waals surface area contributed by atoms with Gasteiger partial charge in [-0.2, -0.15) is 0 Å². The minimum Gasteiger partial charge on any atom is -0.360 e. The van der Waals surface area contributed by atoms with Gasteiger partial charge in [0.1, 0.15) is 11.7 Å². The Bertz CT molecular complexity index is 989. The van der Waals surface area contributed by atoms with Crippen LogP contribution < -0.4 is 0 Å². The third-order valence-electron chi connectivity index (χ3n) is 9.25. The molecule has 0 unspecified atom stereocenters. The third kappa shape index (κ3) is 6.25. The Balaban J connectivity index is 1.06. The van der Waals surface area contributed by atoms with Gasteiger partial charge >= 0.3 is 0 Å². The molecule has 4 heterocycles. The zero-order chi connectivity index (χ0) is 25.2. The molecule has 0 aromatic heterocycles. The fourth-order valence-corrected chi connectivity index (χ4v) is 7.76. The molecule has 6 aliphatic rings. The number of nitrogens with zero attached hydrogens (tertiary/aromatic N) is 4. The topological polar surface area (TPSA) is 31.2 Å². The zero-order valence-corrected chi connectivity index (χ0v) is 23.4. The molecule has 0 radical (unpaired) electrons. The van der Waals surface area contributed by atoms with Gasteiger partial charge in [-0.1, -0.05) is 11.8 Å². The lowest BCUT2D eigenvalue weighted by Gasteiger charge is -2.24. The molecule has 4 aliphatic heterocycles. The van der Waals surface area contributed by atoms with Gasteiger partial charge in [-0.25, -0.2) is 9.98 Å². The van der Waals surface area contributed by atoms with Crippen LogP contribution in [0.15, 0.2) is 68.3 Å². The predicted octanol–water partition coefficient (Wildman–Crippen LogP) is 8.18. The van der Waals surface area contributed by atoms with E-state index >= 15 is 0 Å². The molecule has 4 saturated heterocycles. The first-order chi connectivity index (χ1) is 18.1. The van der Waals surface area contributed by atoms with Gasteiger partial charge in [0, 0.05) is 36.0 Å². The van der Waals surface area contributed by atoms with Gasteiger partial charge in [-0.05, 0) is 137 Å². The number of benzene rings is 2. The van der Waals surface area contributed by atoms with Crippen molar-refractivity contribution in [1.29, 1.82) is 0 Å². The molecule has 4 bridgehead atoms. The number of fused-ring (bicyclic) bond motifs is 8. The van der Waals surface area contributed by atoms with Crippen molar-refractivity contribution in [2.75, 3.05) is 26.2 Å². The number of aliphatic imine (C=N–C) groups is 2. The average molecular weight is 515 g/mol. The summed E-state index contributed by atoms with van der Waals surface area (Å²) in [4.78, 5) is 17.5. The Morgan fingerprint density at radius 3 is 1.14 bits per heavy atom. The largest absolute Gasteiger partial charge is 0.360 e. The van der Waals surface area contributed by atoms with Crippen LogP contribution in [0.2, 0.25) is 0 Å². The van der Waals surface area contributed by atoms with Crippen molar-refractivity contribution in [3.63, 3.8) is 0 Å². The van der Waals surface area contributed by atoms with Crippen molar-refractivity contribution in [3.05, 3.63) is 48.5 Å². The van der Waals surface area contributed by atoms with Gasteiger partial charge in [0.2, 0.25) is 0 Å². The lowest BCUT2D eigenvalue weighted by Crippen LogP contribution is -2.32. The van der Waals surface area contributed by atoms with Crippen LogP contribution in [0.4, 0.5) is 11.4 Å². The summed E-state index contributed by atoms with van der Waals surface area (Å²) in [5, 5.41) is 0. The molecule has 2 aromatic carbocycles. The Morgan fingerprint density at radius 1 is 0.541 bits per heavy atom. The van der Waals surface area contributed by atoms with Crippen LogP contribution in [0.1, 0.15) is 65.2 Å². The minimum absolute atomic E-state index is 0.869. The zero-order valence-electron chi connectivity index (χ0n) is 22.6. The van der Waals surface area contributed by atoms with Crippen molar-refractivity contribution in [2.24, 2.45) is 33.7 Å². The molecule has 2 aromatic rings. The highest BCUT2D eigenvalue weighted by atomic mass is 32.2. The fourth-order valence-electron chi connectivity index (χ4n) is 6.95. The van der Waals surface area contributed by atoms with Crippen LogP contribution in [-0.4, -0.2) is 47.7 Å². The molecule has 0 amide bonds. The maximum atomic E-state index is 4.98. The maximum Gasteiger partial charge on any atom is 0.102 e. The minimum atomic E-state index is 0.869. The van der Waals surface area contributed by atoms with E-state index in [1.807, 2.05) is 0 Å². The van der Waals surface area contributed by atoms with E-state index in [9.17, 15) is 0 Å². The van der Waals surface area contributed by atoms with Crippen LogP contribution in [0.25, 0.3) is 0 Å². The maximum absolute atomic E-state index is 4.98. The highest BCUT2D eigenvalue weighted by Crippen LogP contribution is 2.36. The van der Waals surface area contributed by atoms with Crippen molar-refractivity contribution >= 4 is 34.8 Å². The normalized spacial score (nSPS) is 28.4. The summed E-state index contributed by atoms with van der Waals surface area (Å²) in [6.07, 6.45) is 11.3. The second-order valence-electron chi connectivity index (χ2n) is 12.0. The molecule has 2 saturated carbocycles. The van der Waals surface area contributed by atoms with Crippen LogP contribution >= 0.6 is 11.8 Å². The quantitative estimate of drug-likeness (QED) is 0.304. The van der Waals surface area contributed by atoms with Crippen LogP contribution in [0.3, 0.4) is 0 Å². The Morgan fingerprint density at radius 2 is 0.838 bits per heavy atom. The smallest absolute Gasteiger partial charge is 0.102 e. The van der Waals surface area contributed by atoms with E-state index in [0.29, 0.717) is 0 Å². The molecule has 0 spiro atoms. The van der Waals surface area contributed by atoms with Crippen molar-refractivity contribution in [2.45, 2.75) is 75.0 Å². The summed E-state index contributed by atoms with van der Waals surface area (Å²) in [5.41, 5.74) is 2.11. The highest BCUT2D eigenvalue weighted by Gasteiger charge is 2.30. The second-order valence-corrected chi connectivity index (χ2v) is 13.1. The Kier molecular flexibility index (Phi) is 7.60. The molecular weight excluding hydrogens is 472 g/mol. The van der Waals surface area contributed by atoms with E-state index in [-0.39, 0.29) is 0 Å². The van der Waals surface area contributed by atoms with Crippen LogP contribution in [0.5, 0.6) is 0 Å². The van der Waals surface area contributed by atoms with Gasteiger partial charge in [0.15, 0.2) is 0 Å². The van der Waals surface area contributed by atoms with Crippen LogP contribution in [-0.2, 0) is 0 Å². The molecule has 6 fully saturated rings. The monoisotopic (exact) mass is 514 g/mol. The van der Waals surface area contributed by atoms with Crippen molar-refractivity contribution < 1.29 is 0 Å². The summed E-state index contributed by atoms with van der Waals surface area (Å²) < 4.78 is 0. The van der Waals surface area contributed by atoms with Gasteiger partial charge in [-0.3, -0.25) is 0 Å². The van der Waals surface area contributed by atoms with E-state index < -0.39 is 0 Å². The summed E-state index contributed by atoms with van der Waals surface area (Å²) in [7, 11) is 0. The standard InChI is InChI=1S/C32H42N4S/c1-23(35-19-25-3-4-26(20-35)6-5-25)33-29-11-15-31(16-12-29)37-32-17-13-30(14-18-32)34-24(2)36-21-27-7-8-28(22-36)10-9-27/h11-18,25-28H,3-10,19-22H2,1-2H3. The van der Waals surface area contributed by atoms with Gasteiger partial charge in [-0.15, -0.1) is 0 Å². The number of rotatable bonds is 4. The molecule has 37 heavy (non-hydrogen) atoms. The fraction of sp³-hybridized carbons (Fsp3) is 0.562. The average Bonchev–Trinajstić information content (AvgIpc) is 3.43. The summed E-state index contributed by atoms with van der Waals surface area (Å²) >= 11 is 1.80. The number of hydrogen-bond donors (Lipinski definition) is 0. The third-order valence-corrected chi connectivity index (χ3v) is 10.3. The summed E-state index contributed by atoms with van der Waals surface area (Å²) in [6, 6.07) is 17.4. The van der Waals surface area contributed by atoms with Gasteiger partial charge < -0.3 is 9.80 Å². The predicted molar refractivity (Wildman–Crippen MR) is 157 cm³/mol. The second kappa shape index (κ2) is 11.2. The molecule has 0 atom stereocenters. The van der Waals surface area contributed by atoms with Crippen molar-refractivity contribution in [1.82, 2.24) is 9.80 Å². The van der Waals surface area contributed by atoms with E-state index in [1.54, 1.807) is 11.8 Å². The summed E-state index contributed by atoms with van der Waals surface area (Å²) in [6.45, 7) is 9.15. The van der Waals surface area contributed by atoms with E-state index in [2.05, 4.69) is 72.2 Å². The van der Waals surface area contributed by atoms with E-state index in [0.717, 1.165) is 35.0 Å². The van der Waals surface area contributed by atoms with Gasteiger partial charge in [0.05, 0.1) is 11.4 Å². The molecule has 8 rings (SSSR count). The first-order valence-electron chi connectivity index (χ1n) is 14.6. The molecule has 196 valence electrons. The molecular formula is C32H42N4S. The lowest BCUT2D eigenvalue weighted by molar-refractivity contribution is 0.326. The first kappa shape index (κ1) is 25.0. The molecule has 2 aliphatic carbocycles. The Labute approximate surface area is 227 Å². The van der Waals surface area contributed by atoms with E-state index in [1.165, 1.54) is 99.0 Å². The molecule has 4 nitrogen and oxygen atoms in total.